The normalized spacial score (nSPS) is 15.9. The van der Waals surface area contributed by atoms with E-state index in [0.29, 0.717) is 5.02 Å². The third kappa shape index (κ3) is 3.64. The molecule has 1 aromatic carbocycles. The Bertz CT molecular complexity index is 459. The molecule has 0 spiro atoms. The molecule has 0 bridgehead atoms. The summed E-state index contributed by atoms with van der Waals surface area (Å²) >= 11 is 5.96. The van der Waals surface area contributed by atoms with Gasteiger partial charge in [-0.05, 0) is 18.2 Å². The lowest BCUT2D eigenvalue weighted by Crippen LogP contribution is -2.43. The monoisotopic (exact) mass is 264 g/mol. The zero-order valence-electron chi connectivity index (χ0n) is 10.5. The summed E-state index contributed by atoms with van der Waals surface area (Å²) in [6.07, 6.45) is 0. The second-order valence-electron chi connectivity index (χ2n) is 4.17. The average Bonchev–Trinajstić information content (AvgIpc) is 2.40. The van der Waals surface area contributed by atoms with E-state index in [1.165, 1.54) is 0 Å². The van der Waals surface area contributed by atoms with E-state index >= 15 is 0 Å². The van der Waals surface area contributed by atoms with E-state index in [-0.39, 0.29) is 0 Å². The van der Waals surface area contributed by atoms with Crippen molar-refractivity contribution in [3.8, 4) is 17.6 Å². The maximum Gasteiger partial charge on any atom is 0.134 e. The number of piperazine rings is 1. The van der Waals surface area contributed by atoms with Crippen LogP contribution in [-0.2, 0) is 0 Å². The fraction of sp³-hybridized carbons (Fsp3) is 0.429. The minimum atomic E-state index is 0.683. The van der Waals surface area contributed by atoms with Crippen LogP contribution in [0.4, 0.5) is 0 Å². The highest BCUT2D eigenvalue weighted by molar-refractivity contribution is 6.30. The lowest BCUT2D eigenvalue weighted by atomic mass is 10.2. The SMILES string of the molecule is COc1ccc(Cl)cc1C#CCN1CCNCC1. The van der Waals surface area contributed by atoms with Gasteiger partial charge in [-0.3, -0.25) is 4.90 Å². The Morgan fingerprint density at radius 1 is 1.39 bits per heavy atom. The van der Waals surface area contributed by atoms with Gasteiger partial charge in [-0.2, -0.15) is 0 Å². The third-order valence-corrected chi connectivity index (χ3v) is 3.13. The average molecular weight is 265 g/mol. The Labute approximate surface area is 113 Å². The van der Waals surface area contributed by atoms with Crippen LogP contribution < -0.4 is 10.1 Å². The molecule has 1 heterocycles. The molecule has 18 heavy (non-hydrogen) atoms. The number of halogens is 1. The maximum absolute atomic E-state index is 5.96. The maximum atomic E-state index is 5.96. The largest absolute Gasteiger partial charge is 0.495 e. The molecule has 1 saturated heterocycles. The summed E-state index contributed by atoms with van der Waals surface area (Å²) in [4.78, 5) is 2.33. The standard InChI is InChI=1S/C14H17ClN2O/c1-18-14-5-4-13(15)11-12(14)3-2-8-17-9-6-16-7-10-17/h4-5,11,16H,6-10H2,1H3. The van der Waals surface area contributed by atoms with Crippen molar-refractivity contribution in [3.63, 3.8) is 0 Å². The molecule has 0 unspecified atom stereocenters. The fourth-order valence-corrected chi connectivity index (χ4v) is 2.07. The highest BCUT2D eigenvalue weighted by Crippen LogP contribution is 2.21. The number of rotatable bonds is 2. The molecule has 0 saturated carbocycles. The van der Waals surface area contributed by atoms with Crippen molar-refractivity contribution in [2.75, 3.05) is 39.8 Å². The summed E-state index contributed by atoms with van der Waals surface area (Å²) in [5.41, 5.74) is 0.847. The number of hydrogen-bond donors (Lipinski definition) is 1. The Hall–Kier alpha value is -1.21. The van der Waals surface area contributed by atoms with Crippen LogP contribution in [0.15, 0.2) is 18.2 Å². The molecule has 1 aliphatic heterocycles. The number of hydrogen-bond acceptors (Lipinski definition) is 3. The van der Waals surface area contributed by atoms with Gasteiger partial charge in [0, 0.05) is 31.2 Å². The van der Waals surface area contributed by atoms with Crippen LogP contribution in [0.25, 0.3) is 0 Å². The number of nitrogens with one attached hydrogen (secondary N) is 1. The molecular weight excluding hydrogens is 248 g/mol. The van der Waals surface area contributed by atoms with Gasteiger partial charge in [0.25, 0.3) is 0 Å². The van der Waals surface area contributed by atoms with Crippen molar-refractivity contribution in [1.82, 2.24) is 10.2 Å². The van der Waals surface area contributed by atoms with Gasteiger partial charge in [0.05, 0.1) is 19.2 Å². The molecule has 4 heteroatoms. The molecule has 96 valence electrons. The van der Waals surface area contributed by atoms with E-state index in [9.17, 15) is 0 Å². The Morgan fingerprint density at radius 3 is 2.89 bits per heavy atom. The van der Waals surface area contributed by atoms with E-state index < -0.39 is 0 Å². The highest BCUT2D eigenvalue weighted by Gasteiger charge is 2.07. The number of benzene rings is 1. The van der Waals surface area contributed by atoms with E-state index in [1.54, 1.807) is 7.11 Å². The predicted molar refractivity (Wildman–Crippen MR) is 74.2 cm³/mol. The second kappa shape index (κ2) is 6.65. The van der Waals surface area contributed by atoms with E-state index in [0.717, 1.165) is 44.0 Å². The molecule has 0 aliphatic carbocycles. The van der Waals surface area contributed by atoms with Crippen LogP contribution in [-0.4, -0.2) is 44.7 Å². The molecule has 1 fully saturated rings. The Morgan fingerprint density at radius 2 is 2.17 bits per heavy atom. The summed E-state index contributed by atoms with van der Waals surface area (Å²) < 4.78 is 5.26. The van der Waals surface area contributed by atoms with Crippen LogP contribution in [0.1, 0.15) is 5.56 Å². The lowest BCUT2D eigenvalue weighted by molar-refractivity contribution is 0.268. The Kier molecular flexibility index (Phi) is 4.89. The summed E-state index contributed by atoms with van der Waals surface area (Å²) in [5, 5.41) is 4.00. The molecule has 0 aromatic heterocycles. The van der Waals surface area contributed by atoms with Gasteiger partial charge >= 0.3 is 0 Å². The van der Waals surface area contributed by atoms with Crippen LogP contribution in [0, 0.1) is 11.8 Å². The van der Waals surface area contributed by atoms with Crippen molar-refractivity contribution >= 4 is 11.6 Å². The van der Waals surface area contributed by atoms with Crippen LogP contribution >= 0.6 is 11.6 Å². The van der Waals surface area contributed by atoms with E-state index in [1.807, 2.05) is 18.2 Å². The third-order valence-electron chi connectivity index (χ3n) is 2.90. The van der Waals surface area contributed by atoms with Gasteiger partial charge in [0.15, 0.2) is 0 Å². The number of methoxy groups -OCH3 is 1. The Balaban J connectivity index is 2.02. The summed E-state index contributed by atoms with van der Waals surface area (Å²) in [7, 11) is 1.64. The quantitative estimate of drug-likeness (QED) is 0.822. The van der Waals surface area contributed by atoms with E-state index in [2.05, 4.69) is 22.1 Å². The highest BCUT2D eigenvalue weighted by atomic mass is 35.5. The van der Waals surface area contributed by atoms with Gasteiger partial charge in [-0.15, -0.1) is 0 Å². The summed E-state index contributed by atoms with van der Waals surface area (Å²) in [6.45, 7) is 4.99. The zero-order valence-corrected chi connectivity index (χ0v) is 11.3. The smallest absolute Gasteiger partial charge is 0.134 e. The van der Waals surface area contributed by atoms with Crippen molar-refractivity contribution in [3.05, 3.63) is 28.8 Å². The van der Waals surface area contributed by atoms with Crippen molar-refractivity contribution in [2.45, 2.75) is 0 Å². The molecular formula is C14H17ClN2O. The van der Waals surface area contributed by atoms with Gasteiger partial charge in [-0.25, -0.2) is 0 Å². The van der Waals surface area contributed by atoms with Crippen molar-refractivity contribution in [1.29, 1.82) is 0 Å². The minimum Gasteiger partial charge on any atom is -0.495 e. The van der Waals surface area contributed by atoms with Crippen molar-refractivity contribution in [2.24, 2.45) is 0 Å². The van der Waals surface area contributed by atoms with E-state index in [4.69, 9.17) is 16.3 Å². The lowest BCUT2D eigenvalue weighted by Gasteiger charge is -2.24. The molecule has 1 aliphatic rings. The van der Waals surface area contributed by atoms with Crippen molar-refractivity contribution < 1.29 is 4.74 Å². The van der Waals surface area contributed by atoms with Gasteiger partial charge < -0.3 is 10.1 Å². The zero-order chi connectivity index (χ0) is 12.8. The van der Waals surface area contributed by atoms with Crippen LogP contribution in [0.2, 0.25) is 5.02 Å². The summed E-state index contributed by atoms with van der Waals surface area (Å²) in [6, 6.07) is 5.49. The van der Waals surface area contributed by atoms with Gasteiger partial charge in [-0.1, -0.05) is 23.4 Å². The molecule has 2 rings (SSSR count). The minimum absolute atomic E-state index is 0.683. The van der Waals surface area contributed by atoms with Gasteiger partial charge in [0.1, 0.15) is 5.75 Å². The number of nitrogens with zero attached hydrogens (tertiary/aromatic N) is 1. The molecule has 0 amide bonds. The topological polar surface area (TPSA) is 24.5 Å². The first-order valence-electron chi connectivity index (χ1n) is 6.05. The molecule has 3 nitrogen and oxygen atoms in total. The molecule has 1 aromatic rings. The van der Waals surface area contributed by atoms with Gasteiger partial charge in [0.2, 0.25) is 0 Å². The van der Waals surface area contributed by atoms with Crippen LogP contribution in [0.3, 0.4) is 0 Å². The first-order chi connectivity index (χ1) is 8.79. The first-order valence-corrected chi connectivity index (χ1v) is 6.43. The fourth-order valence-electron chi connectivity index (χ4n) is 1.89. The van der Waals surface area contributed by atoms with Crippen LogP contribution in [0.5, 0.6) is 5.75 Å². The first kappa shape index (κ1) is 13.2. The number of ether oxygens (including phenoxy) is 1. The molecule has 1 N–H and O–H groups in total. The molecule has 0 radical (unpaired) electrons. The summed E-state index contributed by atoms with van der Waals surface area (Å²) in [5.74, 6) is 7.08. The second-order valence-corrected chi connectivity index (χ2v) is 4.61. The molecule has 0 atom stereocenters. The predicted octanol–water partition coefficient (Wildman–Crippen LogP) is 1.61.